The van der Waals surface area contributed by atoms with Crippen LogP contribution in [0.1, 0.15) is 13.8 Å². The van der Waals surface area contributed by atoms with E-state index in [1.807, 2.05) is 0 Å². The van der Waals surface area contributed by atoms with Crippen LogP contribution in [0.2, 0.25) is 0 Å². The van der Waals surface area contributed by atoms with Crippen LogP contribution in [0.4, 0.5) is 4.39 Å². The van der Waals surface area contributed by atoms with Crippen molar-refractivity contribution in [1.82, 2.24) is 9.21 Å². The SMILES string of the molecule is CC(C)CN1CCN(S(=O)(=O)c2ccccc2F)CC1.Cl. The molecule has 1 aliphatic heterocycles. The Morgan fingerprint density at radius 3 is 2.24 bits per heavy atom. The van der Waals surface area contributed by atoms with Gasteiger partial charge >= 0.3 is 0 Å². The van der Waals surface area contributed by atoms with Gasteiger partial charge in [0, 0.05) is 32.7 Å². The van der Waals surface area contributed by atoms with Gasteiger partial charge in [0.2, 0.25) is 10.0 Å². The second-order valence-corrected chi connectivity index (χ2v) is 7.44. The summed E-state index contributed by atoms with van der Waals surface area (Å²) in [5.41, 5.74) is 0. The predicted octanol–water partition coefficient (Wildman–Crippen LogP) is 2.21. The number of rotatable bonds is 4. The highest BCUT2D eigenvalue weighted by Gasteiger charge is 2.30. The van der Waals surface area contributed by atoms with Gasteiger partial charge in [-0.25, -0.2) is 12.8 Å². The van der Waals surface area contributed by atoms with Crippen LogP contribution < -0.4 is 0 Å². The largest absolute Gasteiger partial charge is 0.300 e. The van der Waals surface area contributed by atoms with E-state index in [0.29, 0.717) is 32.1 Å². The fraction of sp³-hybridized carbons (Fsp3) is 0.571. The van der Waals surface area contributed by atoms with E-state index in [0.717, 1.165) is 6.54 Å². The first-order valence-electron chi connectivity index (χ1n) is 6.88. The van der Waals surface area contributed by atoms with E-state index < -0.39 is 15.8 Å². The van der Waals surface area contributed by atoms with Gasteiger partial charge in [-0.1, -0.05) is 26.0 Å². The minimum absolute atomic E-state index is 0. The van der Waals surface area contributed by atoms with Gasteiger partial charge in [-0.3, -0.25) is 0 Å². The van der Waals surface area contributed by atoms with Crippen molar-refractivity contribution in [3.8, 4) is 0 Å². The molecule has 1 aromatic rings. The zero-order valence-electron chi connectivity index (χ0n) is 12.3. The molecule has 1 saturated heterocycles. The third-order valence-electron chi connectivity index (χ3n) is 3.41. The van der Waals surface area contributed by atoms with Crippen LogP contribution in [0.25, 0.3) is 0 Å². The molecule has 0 amide bonds. The van der Waals surface area contributed by atoms with Crippen LogP contribution in [-0.4, -0.2) is 50.3 Å². The summed E-state index contributed by atoms with van der Waals surface area (Å²) < 4.78 is 39.9. The Balaban J connectivity index is 0.00000220. The van der Waals surface area contributed by atoms with Gasteiger partial charge in [0.1, 0.15) is 10.7 Å². The lowest BCUT2D eigenvalue weighted by atomic mass is 10.2. The number of halogens is 2. The standard InChI is InChI=1S/C14H21FN2O2S.ClH/c1-12(2)11-16-7-9-17(10-8-16)20(18,19)14-6-4-3-5-13(14)15;/h3-6,12H,7-11H2,1-2H3;1H. The molecule has 21 heavy (non-hydrogen) atoms. The molecule has 0 saturated carbocycles. The molecule has 0 N–H and O–H groups in total. The summed E-state index contributed by atoms with van der Waals surface area (Å²) in [5.74, 6) is -0.123. The third kappa shape index (κ3) is 4.39. The summed E-state index contributed by atoms with van der Waals surface area (Å²) in [6, 6.07) is 5.55. The van der Waals surface area contributed by atoms with Crippen LogP contribution in [0.5, 0.6) is 0 Å². The second kappa shape index (κ2) is 7.54. The molecular formula is C14H22ClFN2O2S. The molecule has 0 atom stereocenters. The average molecular weight is 337 g/mol. The summed E-state index contributed by atoms with van der Waals surface area (Å²) >= 11 is 0. The van der Waals surface area contributed by atoms with Crippen molar-refractivity contribution in [2.45, 2.75) is 18.7 Å². The molecular weight excluding hydrogens is 315 g/mol. The summed E-state index contributed by atoms with van der Waals surface area (Å²) in [6.45, 7) is 7.49. The number of hydrogen-bond donors (Lipinski definition) is 0. The monoisotopic (exact) mass is 336 g/mol. The van der Waals surface area contributed by atoms with Crippen LogP contribution >= 0.6 is 12.4 Å². The van der Waals surface area contributed by atoms with Crippen molar-refractivity contribution in [3.63, 3.8) is 0 Å². The Bertz CT molecular complexity index is 558. The van der Waals surface area contributed by atoms with Crippen LogP contribution in [0, 0.1) is 11.7 Å². The highest BCUT2D eigenvalue weighted by Crippen LogP contribution is 2.20. The Morgan fingerprint density at radius 1 is 1.14 bits per heavy atom. The summed E-state index contributed by atoms with van der Waals surface area (Å²) in [4.78, 5) is 2.02. The number of hydrogen-bond acceptors (Lipinski definition) is 3. The summed E-state index contributed by atoms with van der Waals surface area (Å²) in [7, 11) is -3.71. The normalized spacial score (nSPS) is 17.7. The highest BCUT2D eigenvalue weighted by atomic mass is 35.5. The smallest absolute Gasteiger partial charge is 0.246 e. The molecule has 1 fully saturated rings. The van der Waals surface area contributed by atoms with Gasteiger partial charge in [-0.2, -0.15) is 4.31 Å². The molecule has 0 radical (unpaired) electrons. The lowest BCUT2D eigenvalue weighted by Gasteiger charge is -2.34. The van der Waals surface area contributed by atoms with Crippen molar-refractivity contribution < 1.29 is 12.8 Å². The Labute approximate surface area is 132 Å². The molecule has 0 aliphatic carbocycles. The molecule has 1 aromatic carbocycles. The van der Waals surface area contributed by atoms with Crippen LogP contribution in [0.3, 0.4) is 0 Å². The topological polar surface area (TPSA) is 40.6 Å². The molecule has 0 unspecified atom stereocenters. The second-order valence-electron chi connectivity index (χ2n) is 5.53. The van der Waals surface area contributed by atoms with Gasteiger partial charge < -0.3 is 4.90 Å². The minimum Gasteiger partial charge on any atom is -0.300 e. The zero-order chi connectivity index (χ0) is 14.8. The van der Waals surface area contributed by atoms with E-state index in [4.69, 9.17) is 0 Å². The molecule has 0 aromatic heterocycles. The van der Waals surface area contributed by atoms with Gasteiger partial charge in [-0.05, 0) is 18.1 Å². The molecule has 1 heterocycles. The van der Waals surface area contributed by atoms with E-state index in [9.17, 15) is 12.8 Å². The highest BCUT2D eigenvalue weighted by molar-refractivity contribution is 7.89. The van der Waals surface area contributed by atoms with Gasteiger partial charge in [0.25, 0.3) is 0 Å². The quantitative estimate of drug-likeness (QED) is 0.846. The van der Waals surface area contributed by atoms with E-state index in [1.165, 1.54) is 22.5 Å². The molecule has 2 rings (SSSR count). The Morgan fingerprint density at radius 2 is 1.71 bits per heavy atom. The Kier molecular flexibility index (Phi) is 6.59. The van der Waals surface area contributed by atoms with Crippen molar-refractivity contribution in [2.75, 3.05) is 32.7 Å². The predicted molar refractivity (Wildman–Crippen MR) is 83.7 cm³/mol. The number of piperazine rings is 1. The van der Waals surface area contributed by atoms with Crippen molar-refractivity contribution in [2.24, 2.45) is 5.92 Å². The minimum atomic E-state index is -3.71. The first-order valence-corrected chi connectivity index (χ1v) is 8.32. The van der Waals surface area contributed by atoms with E-state index in [2.05, 4.69) is 18.7 Å². The molecule has 4 nitrogen and oxygen atoms in total. The molecule has 120 valence electrons. The first kappa shape index (κ1) is 18.4. The van der Waals surface area contributed by atoms with E-state index in [1.54, 1.807) is 6.07 Å². The van der Waals surface area contributed by atoms with E-state index in [-0.39, 0.29) is 17.3 Å². The van der Waals surface area contributed by atoms with Crippen molar-refractivity contribution >= 4 is 22.4 Å². The molecule has 7 heteroatoms. The fourth-order valence-corrected chi connectivity index (χ4v) is 3.95. The van der Waals surface area contributed by atoms with Crippen molar-refractivity contribution in [1.29, 1.82) is 0 Å². The fourth-order valence-electron chi connectivity index (χ4n) is 2.46. The third-order valence-corrected chi connectivity index (χ3v) is 5.34. The average Bonchev–Trinajstić information content (AvgIpc) is 2.39. The van der Waals surface area contributed by atoms with Crippen LogP contribution in [-0.2, 0) is 10.0 Å². The van der Waals surface area contributed by atoms with E-state index >= 15 is 0 Å². The Hall–Kier alpha value is -0.690. The first-order chi connectivity index (χ1) is 9.41. The molecule has 1 aliphatic rings. The maximum atomic E-state index is 13.7. The maximum absolute atomic E-state index is 13.7. The lowest BCUT2D eigenvalue weighted by molar-refractivity contribution is 0.172. The number of nitrogens with zero attached hydrogens (tertiary/aromatic N) is 2. The molecule has 0 bridgehead atoms. The maximum Gasteiger partial charge on any atom is 0.246 e. The number of benzene rings is 1. The van der Waals surface area contributed by atoms with Crippen LogP contribution in [0.15, 0.2) is 29.2 Å². The van der Waals surface area contributed by atoms with Gasteiger partial charge in [0.15, 0.2) is 0 Å². The van der Waals surface area contributed by atoms with Gasteiger partial charge in [-0.15, -0.1) is 12.4 Å². The van der Waals surface area contributed by atoms with Crippen molar-refractivity contribution in [3.05, 3.63) is 30.1 Å². The summed E-state index contributed by atoms with van der Waals surface area (Å²) in [6.07, 6.45) is 0. The molecule has 0 spiro atoms. The van der Waals surface area contributed by atoms with Gasteiger partial charge in [0.05, 0.1) is 0 Å². The number of sulfonamides is 1. The summed E-state index contributed by atoms with van der Waals surface area (Å²) in [5, 5.41) is 0. The lowest BCUT2D eigenvalue weighted by Crippen LogP contribution is -2.49. The zero-order valence-corrected chi connectivity index (χ0v) is 14.0.